The summed E-state index contributed by atoms with van der Waals surface area (Å²) in [5.74, 6) is -2.46. The molecule has 0 radical (unpaired) electrons. The van der Waals surface area contributed by atoms with E-state index in [1.54, 1.807) is 6.92 Å². The van der Waals surface area contributed by atoms with E-state index in [9.17, 15) is 18.4 Å². The Bertz CT molecular complexity index is 1080. The molecule has 2 heterocycles. The maximum atomic E-state index is 13.6. The summed E-state index contributed by atoms with van der Waals surface area (Å²) in [6, 6.07) is 2.77. The molecule has 10 heteroatoms. The van der Waals surface area contributed by atoms with Gasteiger partial charge < -0.3 is 4.74 Å². The summed E-state index contributed by atoms with van der Waals surface area (Å²) in [4.78, 5) is 32.9. The van der Waals surface area contributed by atoms with Crippen LogP contribution in [0.25, 0.3) is 5.78 Å². The van der Waals surface area contributed by atoms with Gasteiger partial charge in [0, 0.05) is 11.6 Å². The Hall–Kier alpha value is -3.30. The molecule has 1 unspecified atom stereocenters. The predicted octanol–water partition coefficient (Wildman–Crippen LogP) is 1.97. The van der Waals surface area contributed by atoms with Crippen molar-refractivity contribution in [3.63, 3.8) is 0 Å². The molecule has 1 aromatic carbocycles. The molecule has 0 saturated heterocycles. The van der Waals surface area contributed by atoms with Gasteiger partial charge in [0.1, 0.15) is 5.82 Å². The molecule has 2 aromatic heterocycles. The van der Waals surface area contributed by atoms with E-state index < -0.39 is 23.6 Å². The van der Waals surface area contributed by atoms with Gasteiger partial charge >= 0.3 is 0 Å². The number of aryl methyl sites for hydroxylation is 1. The third-order valence-electron chi connectivity index (χ3n) is 3.96. The molecule has 1 atom stereocenters. The summed E-state index contributed by atoms with van der Waals surface area (Å²) in [6.07, 6.45) is -0.592. The normalized spacial score (nSPS) is 12.2. The quantitative estimate of drug-likeness (QED) is 0.708. The molecular formula is C17H17F2N5O3. The summed E-state index contributed by atoms with van der Waals surface area (Å²) in [7, 11) is 0. The Labute approximate surface area is 152 Å². The van der Waals surface area contributed by atoms with E-state index in [4.69, 9.17) is 4.74 Å². The van der Waals surface area contributed by atoms with Gasteiger partial charge in [0.25, 0.3) is 17.2 Å². The smallest absolute Gasteiger partial charge is 0.277 e. The van der Waals surface area contributed by atoms with Crippen molar-refractivity contribution in [3.05, 3.63) is 51.4 Å². The molecule has 142 valence electrons. The Balaban J connectivity index is 1.79. The number of anilines is 1. The molecule has 0 aliphatic heterocycles. The van der Waals surface area contributed by atoms with Gasteiger partial charge in [0.2, 0.25) is 5.95 Å². The minimum atomic E-state index is -1.10. The lowest BCUT2D eigenvalue weighted by atomic mass is 10.2. The standard InChI is InChI=1S/C17H17F2N5O3/c1-4-11-8(2)20-17-22-16(23-24(17)15(11)26)21-14(25)9(3)27-13-6-5-10(18)7-12(13)19/h5-7,9H,4H2,1-3H3,(H2,20,21,22,23,25). The third kappa shape index (κ3) is 3.64. The summed E-state index contributed by atoms with van der Waals surface area (Å²) >= 11 is 0. The van der Waals surface area contributed by atoms with Crippen LogP contribution in [0.15, 0.2) is 23.0 Å². The number of halogens is 2. The molecule has 0 spiro atoms. The SMILES string of the molecule is CCc1c(C)nc2nc(NC(=O)C(C)Oc3ccc(F)cc3F)[nH]n2c1=O. The number of carbonyl (C=O) groups is 1. The van der Waals surface area contributed by atoms with Crippen LogP contribution >= 0.6 is 0 Å². The Morgan fingerprint density at radius 2 is 2.11 bits per heavy atom. The Kier molecular flexibility index (Phi) is 4.89. The topological polar surface area (TPSA) is 101 Å². The van der Waals surface area contributed by atoms with Crippen LogP contribution in [0.2, 0.25) is 0 Å². The molecular weight excluding hydrogens is 360 g/mol. The van der Waals surface area contributed by atoms with Crippen LogP contribution < -0.4 is 15.6 Å². The minimum Gasteiger partial charge on any atom is -0.478 e. The number of rotatable bonds is 5. The second kappa shape index (κ2) is 7.14. The summed E-state index contributed by atoms with van der Waals surface area (Å²) in [6.45, 7) is 4.94. The highest BCUT2D eigenvalue weighted by molar-refractivity contribution is 5.92. The molecule has 0 bridgehead atoms. The number of H-pyrrole nitrogens is 1. The summed E-state index contributed by atoms with van der Waals surface area (Å²) < 4.78 is 32.9. The average Bonchev–Trinajstić information content (AvgIpc) is 3.00. The molecule has 0 aliphatic carbocycles. The van der Waals surface area contributed by atoms with Gasteiger partial charge in [-0.25, -0.2) is 13.8 Å². The lowest BCUT2D eigenvalue weighted by Gasteiger charge is -2.14. The molecule has 3 aromatic rings. The van der Waals surface area contributed by atoms with E-state index in [2.05, 4.69) is 20.4 Å². The fraction of sp³-hybridized carbons (Fsp3) is 0.294. The van der Waals surface area contributed by atoms with E-state index in [1.807, 2.05) is 6.92 Å². The first-order valence-corrected chi connectivity index (χ1v) is 8.21. The number of aromatic nitrogens is 4. The van der Waals surface area contributed by atoms with Crippen molar-refractivity contribution >= 4 is 17.6 Å². The van der Waals surface area contributed by atoms with Crippen LogP contribution in [0.5, 0.6) is 5.75 Å². The van der Waals surface area contributed by atoms with Crippen molar-refractivity contribution in [2.24, 2.45) is 0 Å². The van der Waals surface area contributed by atoms with Crippen molar-refractivity contribution in [2.45, 2.75) is 33.3 Å². The van der Waals surface area contributed by atoms with Gasteiger partial charge in [-0.05, 0) is 32.4 Å². The monoisotopic (exact) mass is 377 g/mol. The molecule has 0 saturated carbocycles. The van der Waals surface area contributed by atoms with E-state index in [0.717, 1.165) is 16.6 Å². The molecule has 0 fully saturated rings. The summed E-state index contributed by atoms with van der Waals surface area (Å²) in [5.41, 5.74) is 0.804. The predicted molar refractivity (Wildman–Crippen MR) is 92.8 cm³/mol. The first kappa shape index (κ1) is 18.5. The van der Waals surface area contributed by atoms with Crippen LogP contribution in [0.1, 0.15) is 25.1 Å². The van der Waals surface area contributed by atoms with Crippen LogP contribution in [0.4, 0.5) is 14.7 Å². The number of fused-ring (bicyclic) bond motifs is 1. The number of ether oxygens (including phenoxy) is 1. The zero-order valence-electron chi connectivity index (χ0n) is 14.8. The number of benzene rings is 1. The number of nitrogens with one attached hydrogen (secondary N) is 2. The van der Waals surface area contributed by atoms with Crippen LogP contribution in [-0.2, 0) is 11.2 Å². The number of nitrogens with zero attached hydrogens (tertiary/aromatic N) is 3. The highest BCUT2D eigenvalue weighted by atomic mass is 19.1. The number of carbonyl (C=O) groups excluding carboxylic acids is 1. The molecule has 8 nitrogen and oxygen atoms in total. The first-order chi connectivity index (χ1) is 12.8. The lowest BCUT2D eigenvalue weighted by Crippen LogP contribution is -2.31. The van der Waals surface area contributed by atoms with Crippen molar-refractivity contribution < 1.29 is 18.3 Å². The number of aromatic amines is 1. The minimum absolute atomic E-state index is 0.00715. The zero-order valence-corrected chi connectivity index (χ0v) is 14.8. The molecule has 3 rings (SSSR count). The van der Waals surface area contributed by atoms with Crippen LogP contribution in [-0.4, -0.2) is 31.6 Å². The van der Waals surface area contributed by atoms with Gasteiger partial charge in [-0.15, -0.1) is 0 Å². The van der Waals surface area contributed by atoms with Crippen molar-refractivity contribution in [1.29, 1.82) is 0 Å². The number of hydrogen-bond acceptors (Lipinski definition) is 5. The van der Waals surface area contributed by atoms with Crippen LogP contribution in [0.3, 0.4) is 0 Å². The van der Waals surface area contributed by atoms with E-state index >= 15 is 0 Å². The maximum Gasteiger partial charge on any atom is 0.277 e. The Morgan fingerprint density at radius 3 is 2.78 bits per heavy atom. The summed E-state index contributed by atoms with van der Waals surface area (Å²) in [5, 5.41) is 5.09. The highest BCUT2D eigenvalue weighted by Gasteiger charge is 2.19. The van der Waals surface area contributed by atoms with E-state index in [0.29, 0.717) is 23.7 Å². The fourth-order valence-electron chi connectivity index (χ4n) is 2.55. The molecule has 2 N–H and O–H groups in total. The highest BCUT2D eigenvalue weighted by Crippen LogP contribution is 2.19. The van der Waals surface area contributed by atoms with Gasteiger partial charge in [-0.2, -0.15) is 9.50 Å². The van der Waals surface area contributed by atoms with Gasteiger partial charge in [0.15, 0.2) is 17.7 Å². The second-order valence-corrected chi connectivity index (χ2v) is 5.87. The second-order valence-electron chi connectivity index (χ2n) is 5.87. The number of amides is 1. The lowest BCUT2D eigenvalue weighted by molar-refractivity contribution is -0.122. The third-order valence-corrected chi connectivity index (χ3v) is 3.96. The van der Waals surface area contributed by atoms with Crippen molar-refractivity contribution in [3.8, 4) is 5.75 Å². The average molecular weight is 377 g/mol. The van der Waals surface area contributed by atoms with Gasteiger partial charge in [-0.3, -0.25) is 20.0 Å². The van der Waals surface area contributed by atoms with Crippen molar-refractivity contribution in [2.75, 3.05) is 5.32 Å². The largest absolute Gasteiger partial charge is 0.478 e. The first-order valence-electron chi connectivity index (χ1n) is 8.21. The van der Waals surface area contributed by atoms with Crippen molar-refractivity contribution in [1.82, 2.24) is 19.6 Å². The Morgan fingerprint density at radius 1 is 1.37 bits per heavy atom. The molecule has 1 amide bonds. The van der Waals surface area contributed by atoms with Gasteiger partial charge in [0.05, 0.1) is 5.69 Å². The zero-order chi connectivity index (χ0) is 19.7. The molecule has 27 heavy (non-hydrogen) atoms. The van der Waals surface area contributed by atoms with Gasteiger partial charge in [-0.1, -0.05) is 6.92 Å². The van der Waals surface area contributed by atoms with E-state index in [1.165, 1.54) is 6.92 Å². The fourth-order valence-corrected chi connectivity index (χ4v) is 2.55. The molecule has 0 aliphatic rings. The maximum absolute atomic E-state index is 13.6. The van der Waals surface area contributed by atoms with Crippen LogP contribution in [0, 0.1) is 18.6 Å². The number of hydrogen-bond donors (Lipinski definition) is 2. The van der Waals surface area contributed by atoms with E-state index in [-0.39, 0.29) is 23.0 Å².